The summed E-state index contributed by atoms with van der Waals surface area (Å²) in [6.07, 6.45) is 7.96. The molecule has 274 valence electrons. The largest absolute Gasteiger partial charge is 0.737 e. The lowest BCUT2D eigenvalue weighted by atomic mass is 9.85. The number of halogens is 2. The number of ketones is 2. The lowest BCUT2D eigenvalue weighted by Gasteiger charge is -2.34. The summed E-state index contributed by atoms with van der Waals surface area (Å²) in [5.41, 5.74) is 3.59. The molecule has 1 aromatic carbocycles. The van der Waals surface area contributed by atoms with Crippen molar-refractivity contribution in [2.24, 2.45) is 11.8 Å². The van der Waals surface area contributed by atoms with Gasteiger partial charge in [-0.3, -0.25) is 19.2 Å². The molecule has 0 saturated carbocycles. The number of nitrogens with one attached hydrogen (secondary N) is 1. The predicted molar refractivity (Wildman–Crippen MR) is 194 cm³/mol. The lowest BCUT2D eigenvalue weighted by molar-refractivity contribution is -0.362. The second kappa shape index (κ2) is 16.4. The monoisotopic (exact) mass is 704 g/mol. The molecule has 1 aromatic heterocycles. The number of allylic oxidation sites excluding steroid dienone is 2. The summed E-state index contributed by atoms with van der Waals surface area (Å²) in [7, 11) is 1.57. The highest BCUT2D eigenvalue weighted by atomic mass is 19.2. The number of aromatic nitrogens is 1. The van der Waals surface area contributed by atoms with E-state index in [1.807, 2.05) is 56.0 Å². The first-order valence-electron chi connectivity index (χ1n) is 18.3. The van der Waals surface area contributed by atoms with Crippen LogP contribution in [0, 0.1) is 25.7 Å². The molecule has 0 radical (unpaired) electrons. The molecule has 1 N–H and O–H groups in total. The highest BCUT2D eigenvalue weighted by molar-refractivity contribution is 6.58. The Kier molecular flexibility index (Phi) is 12.3. The third-order valence-corrected chi connectivity index (χ3v) is 10.7. The highest BCUT2D eigenvalue weighted by Crippen LogP contribution is 2.35. The fourth-order valence-corrected chi connectivity index (χ4v) is 8.04. The van der Waals surface area contributed by atoms with Crippen molar-refractivity contribution in [2.45, 2.75) is 97.6 Å². The highest BCUT2D eigenvalue weighted by Gasteiger charge is 2.52. The molecule has 1 fully saturated rings. The molecule has 2 aromatic rings. The minimum Gasteiger partial charge on any atom is -0.394 e. The van der Waals surface area contributed by atoms with Crippen molar-refractivity contribution in [3.63, 3.8) is 0 Å². The summed E-state index contributed by atoms with van der Waals surface area (Å²) < 4.78 is 39.4. The maximum Gasteiger partial charge on any atom is 0.737 e. The zero-order valence-electron chi connectivity index (χ0n) is 30.5. The van der Waals surface area contributed by atoms with Crippen LogP contribution in [0.15, 0.2) is 54.2 Å². The van der Waals surface area contributed by atoms with Crippen molar-refractivity contribution in [2.75, 3.05) is 20.2 Å². The lowest BCUT2D eigenvalue weighted by Crippen LogP contribution is -2.50. The predicted octanol–water partition coefficient (Wildman–Crippen LogP) is 5.82. The van der Waals surface area contributed by atoms with Crippen molar-refractivity contribution in [3.05, 3.63) is 76.8 Å². The summed E-state index contributed by atoms with van der Waals surface area (Å²) in [6, 6.07) is 11.1. The van der Waals surface area contributed by atoms with Crippen LogP contribution in [0.5, 0.6) is 0 Å². The topological polar surface area (TPSA) is 101 Å². The van der Waals surface area contributed by atoms with Crippen LogP contribution in [-0.4, -0.2) is 82.3 Å². The van der Waals surface area contributed by atoms with Crippen LogP contribution in [0.3, 0.4) is 0 Å². The van der Waals surface area contributed by atoms with E-state index in [2.05, 4.69) is 5.32 Å². The molecule has 12 heteroatoms. The Morgan fingerprint density at radius 1 is 1.10 bits per heavy atom. The van der Waals surface area contributed by atoms with Gasteiger partial charge < -0.3 is 32.5 Å². The minimum atomic E-state index is -4.08. The van der Waals surface area contributed by atoms with Crippen LogP contribution in [0.25, 0.3) is 6.08 Å². The third-order valence-electron chi connectivity index (χ3n) is 10.7. The van der Waals surface area contributed by atoms with Crippen LogP contribution >= 0.6 is 0 Å². The van der Waals surface area contributed by atoms with Gasteiger partial charge in [-0.2, -0.15) is 0 Å². The molecule has 2 amide bonds. The normalized spacial score (nSPS) is 19.3. The van der Waals surface area contributed by atoms with Gasteiger partial charge in [0.1, 0.15) is 17.3 Å². The summed E-state index contributed by atoms with van der Waals surface area (Å²) in [6.45, 7) is 3.97. The zero-order chi connectivity index (χ0) is 36.9. The van der Waals surface area contributed by atoms with Crippen molar-refractivity contribution < 1.29 is 37.0 Å². The molecule has 9 nitrogen and oxygen atoms in total. The van der Waals surface area contributed by atoms with Gasteiger partial charge >= 0.3 is 6.97 Å². The Balaban J connectivity index is 1.15. The number of rotatable bonds is 17. The number of hydrogen-bond donors (Lipinski definition) is 1. The van der Waals surface area contributed by atoms with Crippen LogP contribution in [0.1, 0.15) is 87.7 Å². The number of aryl methyl sites for hydroxylation is 2. The number of likely N-dealkylation sites (tertiary alicyclic amines) is 1. The number of methoxy groups -OCH3 is 1. The maximum absolute atomic E-state index is 15.7. The Bertz CT molecular complexity index is 1730. The number of carbonyl (C=O) groups is 4. The van der Waals surface area contributed by atoms with E-state index < -0.39 is 24.9 Å². The first-order chi connectivity index (χ1) is 24.4. The SMILES string of the molecule is CCC(=O)N1CCC[C@H]1[C@H](OC)[C@@H](C)C(=O)C[C@@H](Cc1ccccc1)C(=O)NCCCC(=O)CCC1=[N+]2C(=Cc3c(C)cc(C)n3[B-]2(F)F)C=C1. The van der Waals surface area contributed by atoms with Gasteiger partial charge in [-0.05, 0) is 62.4 Å². The van der Waals surface area contributed by atoms with Gasteiger partial charge in [0.15, 0.2) is 5.70 Å². The third kappa shape index (κ3) is 8.32. The fraction of sp³-hybridized carbons (Fsp3) is 0.513. The molecule has 4 atom stereocenters. The second-order valence-electron chi connectivity index (χ2n) is 14.2. The molecule has 0 bridgehead atoms. The number of benzene rings is 1. The molecule has 0 unspecified atom stereocenters. The summed E-state index contributed by atoms with van der Waals surface area (Å²) >= 11 is 0. The minimum absolute atomic E-state index is 0.0178. The van der Waals surface area contributed by atoms with E-state index in [1.165, 1.54) is 0 Å². The molecule has 3 aliphatic heterocycles. The Morgan fingerprint density at radius 2 is 1.84 bits per heavy atom. The van der Waals surface area contributed by atoms with Crippen molar-refractivity contribution in [3.8, 4) is 0 Å². The van der Waals surface area contributed by atoms with Crippen molar-refractivity contribution in [1.82, 2.24) is 14.7 Å². The second-order valence-corrected chi connectivity index (χ2v) is 14.2. The van der Waals surface area contributed by atoms with E-state index in [0.29, 0.717) is 48.6 Å². The number of hydrogen-bond acceptors (Lipinski definition) is 5. The molecular formula is C39H51BF2N4O5. The molecule has 3 aliphatic rings. The molecule has 51 heavy (non-hydrogen) atoms. The summed E-state index contributed by atoms with van der Waals surface area (Å²) in [4.78, 5) is 54.4. The van der Waals surface area contributed by atoms with Gasteiger partial charge in [-0.1, -0.05) is 44.2 Å². The standard InChI is InChI=1S/C39H51BF2N4O5/c1-6-37(49)44-21-11-15-34(44)38(51-5)28(4)36(48)24-30(23-29-12-8-7-9-13-29)39(50)43-20-10-14-33(47)19-18-31-16-17-32-25-35-26(2)22-27(3)45(35)40(41,42)46(31)32/h7-9,12-13,16-17,22,25,28,30,34,38H,6,10-11,14-15,18-21,23-24H2,1-5H3,(H,43,50)/t28-,30+,34-,38+/m0/s1. The molecule has 4 heterocycles. The average Bonchev–Trinajstić information content (AvgIpc) is 3.83. The van der Waals surface area contributed by atoms with Crippen molar-refractivity contribution in [1.29, 1.82) is 0 Å². The van der Waals surface area contributed by atoms with Gasteiger partial charge in [0.25, 0.3) is 0 Å². The van der Waals surface area contributed by atoms with Gasteiger partial charge in [-0.25, -0.2) is 0 Å². The van der Waals surface area contributed by atoms with Gasteiger partial charge in [0, 0.05) is 88.1 Å². The van der Waals surface area contributed by atoms with Crippen LogP contribution in [0.2, 0.25) is 0 Å². The van der Waals surface area contributed by atoms with Crippen LogP contribution < -0.4 is 5.32 Å². The van der Waals surface area contributed by atoms with E-state index in [9.17, 15) is 19.2 Å². The number of nitrogens with zero attached hydrogens (tertiary/aromatic N) is 3. The van der Waals surface area contributed by atoms with Crippen LogP contribution in [-0.2, 0) is 30.3 Å². The summed E-state index contributed by atoms with van der Waals surface area (Å²) in [5.74, 6) is -1.52. The van der Waals surface area contributed by atoms with E-state index in [0.717, 1.165) is 32.9 Å². The number of carbonyl (C=O) groups excluding carboxylic acids is 4. The van der Waals surface area contributed by atoms with E-state index in [-0.39, 0.29) is 61.7 Å². The smallest absolute Gasteiger partial charge is 0.394 e. The van der Waals surface area contributed by atoms with Crippen LogP contribution in [0.4, 0.5) is 8.63 Å². The zero-order valence-corrected chi connectivity index (χ0v) is 30.5. The number of fused-ring (bicyclic) bond motifs is 2. The van der Waals surface area contributed by atoms with E-state index in [4.69, 9.17) is 4.74 Å². The van der Waals surface area contributed by atoms with Gasteiger partial charge in [-0.15, -0.1) is 0 Å². The molecule has 0 aliphatic carbocycles. The number of Topliss-reactive ketones (excluding diaryl/α,β-unsaturated/α-hetero) is 2. The number of ether oxygens (including phenoxy) is 1. The Hall–Kier alpha value is -4.19. The molecular weight excluding hydrogens is 653 g/mol. The molecule has 0 spiro atoms. The van der Waals surface area contributed by atoms with E-state index >= 15 is 8.63 Å². The molecule has 1 saturated heterocycles. The van der Waals surface area contributed by atoms with Gasteiger partial charge in [0.2, 0.25) is 11.8 Å². The first kappa shape index (κ1) is 38.1. The molecule has 5 rings (SSSR count). The quantitative estimate of drug-likeness (QED) is 0.165. The Labute approximate surface area is 299 Å². The average molecular weight is 705 g/mol. The van der Waals surface area contributed by atoms with Crippen molar-refractivity contribution >= 4 is 42.1 Å². The van der Waals surface area contributed by atoms with Gasteiger partial charge in [0.05, 0.1) is 12.1 Å². The number of amides is 2. The summed E-state index contributed by atoms with van der Waals surface area (Å²) in [5, 5.41) is 2.93. The maximum atomic E-state index is 15.7. The Morgan fingerprint density at radius 3 is 2.55 bits per heavy atom. The van der Waals surface area contributed by atoms with E-state index in [1.54, 1.807) is 38.3 Å². The first-order valence-corrected chi connectivity index (χ1v) is 18.3. The fourth-order valence-electron chi connectivity index (χ4n) is 8.04.